The zero-order valence-corrected chi connectivity index (χ0v) is 10.0. The molecule has 2 fully saturated rings. The minimum atomic E-state index is -0.865. The van der Waals surface area contributed by atoms with E-state index in [1.807, 2.05) is 0 Å². The number of nitrogens with zero attached hydrogens (tertiary/aromatic N) is 1. The fourth-order valence-corrected chi connectivity index (χ4v) is 2.56. The molecule has 0 aliphatic carbocycles. The van der Waals surface area contributed by atoms with E-state index in [0.29, 0.717) is 0 Å². The molecular formula is C11H17NO5. The second-order valence-electron chi connectivity index (χ2n) is 4.30. The topological polar surface area (TPSA) is 65.1 Å². The van der Waals surface area contributed by atoms with E-state index in [-0.39, 0.29) is 6.04 Å². The summed E-state index contributed by atoms with van der Waals surface area (Å²) >= 11 is 0. The van der Waals surface area contributed by atoms with E-state index in [9.17, 15) is 9.59 Å². The molecule has 0 aromatic carbocycles. The Morgan fingerprint density at radius 1 is 1.18 bits per heavy atom. The summed E-state index contributed by atoms with van der Waals surface area (Å²) in [6.07, 6.45) is 2.02. The molecule has 2 rings (SSSR count). The van der Waals surface area contributed by atoms with Gasteiger partial charge in [0, 0.05) is 6.54 Å². The lowest BCUT2D eigenvalue weighted by atomic mass is 9.89. The van der Waals surface area contributed by atoms with Crippen molar-refractivity contribution in [3.63, 3.8) is 0 Å². The van der Waals surface area contributed by atoms with Crippen LogP contribution >= 0.6 is 0 Å². The van der Waals surface area contributed by atoms with Gasteiger partial charge in [0.2, 0.25) is 0 Å². The van der Waals surface area contributed by atoms with Crippen LogP contribution < -0.4 is 0 Å². The summed E-state index contributed by atoms with van der Waals surface area (Å²) in [5.41, 5.74) is 0. The summed E-state index contributed by atoms with van der Waals surface area (Å²) in [5.74, 6) is -1.50. The minimum absolute atomic E-state index is 0.0692. The van der Waals surface area contributed by atoms with Crippen molar-refractivity contribution in [3.05, 3.63) is 0 Å². The number of hydrogen-bond donors (Lipinski definition) is 0. The molecule has 0 aromatic heterocycles. The van der Waals surface area contributed by atoms with Crippen molar-refractivity contribution < 1.29 is 23.9 Å². The second kappa shape index (κ2) is 5.01. The highest BCUT2D eigenvalue weighted by Crippen LogP contribution is 2.35. The highest BCUT2D eigenvalue weighted by molar-refractivity contribution is 5.84. The number of carbonyl (C=O) groups excluding carboxylic acids is 2. The molecule has 6 nitrogen and oxygen atoms in total. The molecule has 6 heteroatoms. The molecule has 2 heterocycles. The van der Waals surface area contributed by atoms with Crippen LogP contribution in [0.2, 0.25) is 0 Å². The van der Waals surface area contributed by atoms with Gasteiger partial charge in [-0.1, -0.05) is 6.42 Å². The molecule has 0 bridgehead atoms. The average Bonchev–Trinajstić information content (AvgIpc) is 2.76. The van der Waals surface area contributed by atoms with Crippen molar-refractivity contribution >= 4 is 11.9 Å². The van der Waals surface area contributed by atoms with Crippen LogP contribution in [0.5, 0.6) is 0 Å². The summed E-state index contributed by atoms with van der Waals surface area (Å²) < 4.78 is 9.42. The summed E-state index contributed by atoms with van der Waals surface area (Å²) in [5, 5.41) is 1.73. The number of fused-ring (bicyclic) bond motifs is 1. The van der Waals surface area contributed by atoms with Gasteiger partial charge in [-0.2, -0.15) is 5.06 Å². The van der Waals surface area contributed by atoms with E-state index in [1.54, 1.807) is 5.06 Å². The Morgan fingerprint density at radius 2 is 1.88 bits per heavy atom. The van der Waals surface area contributed by atoms with Crippen LogP contribution in [0, 0.1) is 5.92 Å². The Balaban J connectivity index is 2.20. The summed E-state index contributed by atoms with van der Waals surface area (Å²) in [6.45, 7) is 0.742. The number of hydroxylamine groups is 2. The Labute approximate surface area is 99.8 Å². The van der Waals surface area contributed by atoms with Crippen molar-refractivity contribution in [2.45, 2.75) is 31.4 Å². The number of piperidine rings is 1. The van der Waals surface area contributed by atoms with Crippen LogP contribution in [-0.4, -0.2) is 49.9 Å². The van der Waals surface area contributed by atoms with Crippen LogP contribution in [0.3, 0.4) is 0 Å². The van der Waals surface area contributed by atoms with E-state index in [2.05, 4.69) is 4.74 Å². The molecular weight excluding hydrogens is 226 g/mol. The van der Waals surface area contributed by atoms with Gasteiger partial charge in [0.15, 0.2) is 6.10 Å². The minimum Gasteiger partial charge on any atom is -0.469 e. The van der Waals surface area contributed by atoms with Gasteiger partial charge >= 0.3 is 11.9 Å². The summed E-state index contributed by atoms with van der Waals surface area (Å²) in [6, 6.07) is -0.0692. The predicted molar refractivity (Wildman–Crippen MR) is 56.7 cm³/mol. The van der Waals surface area contributed by atoms with Crippen LogP contribution in [0.15, 0.2) is 0 Å². The first-order chi connectivity index (χ1) is 8.19. The third-order valence-corrected chi connectivity index (χ3v) is 3.39. The molecule has 2 saturated heterocycles. The zero-order chi connectivity index (χ0) is 12.4. The van der Waals surface area contributed by atoms with Gasteiger partial charge in [0.1, 0.15) is 5.92 Å². The van der Waals surface area contributed by atoms with Gasteiger partial charge in [0.25, 0.3) is 0 Å². The number of esters is 2. The third-order valence-electron chi connectivity index (χ3n) is 3.39. The van der Waals surface area contributed by atoms with Gasteiger partial charge in [-0.15, -0.1) is 0 Å². The van der Waals surface area contributed by atoms with E-state index >= 15 is 0 Å². The monoisotopic (exact) mass is 243 g/mol. The molecule has 0 amide bonds. The van der Waals surface area contributed by atoms with Gasteiger partial charge in [-0.3, -0.25) is 9.63 Å². The lowest BCUT2D eigenvalue weighted by Gasteiger charge is -2.28. The average molecular weight is 243 g/mol. The quantitative estimate of drug-likeness (QED) is 0.642. The normalized spacial score (nSPS) is 32.9. The highest BCUT2D eigenvalue weighted by Gasteiger charge is 2.52. The first-order valence-electron chi connectivity index (χ1n) is 5.78. The maximum atomic E-state index is 11.8. The Morgan fingerprint density at radius 3 is 2.53 bits per heavy atom. The number of methoxy groups -OCH3 is 2. The molecule has 0 radical (unpaired) electrons. The highest BCUT2D eigenvalue weighted by atomic mass is 16.7. The fourth-order valence-electron chi connectivity index (χ4n) is 2.56. The number of carbonyl (C=O) groups is 2. The molecule has 96 valence electrons. The van der Waals surface area contributed by atoms with Crippen molar-refractivity contribution in [2.75, 3.05) is 20.8 Å². The standard InChI is InChI=1S/C11H17NO5/c1-15-10(13)8-7-5-3-4-6-12(7)17-9(8)11(14)16-2/h7-9H,3-6H2,1-2H3/t7-,8-,9-/m1/s1. The van der Waals surface area contributed by atoms with Crippen molar-refractivity contribution in [2.24, 2.45) is 5.92 Å². The Kier molecular flexibility index (Phi) is 3.63. The Hall–Kier alpha value is -1.14. The molecule has 17 heavy (non-hydrogen) atoms. The maximum absolute atomic E-state index is 11.8. The first-order valence-corrected chi connectivity index (χ1v) is 5.78. The molecule has 0 N–H and O–H groups in total. The molecule has 0 saturated carbocycles. The van der Waals surface area contributed by atoms with Crippen LogP contribution in [-0.2, 0) is 23.9 Å². The fraction of sp³-hybridized carbons (Fsp3) is 0.818. The summed E-state index contributed by atoms with van der Waals surface area (Å²) in [7, 11) is 2.61. The SMILES string of the molecule is COC(=O)[C@@H]1[C@H]2CCCCN2O[C@H]1C(=O)OC. The smallest absolute Gasteiger partial charge is 0.338 e. The van der Waals surface area contributed by atoms with E-state index in [4.69, 9.17) is 9.57 Å². The maximum Gasteiger partial charge on any atom is 0.338 e. The predicted octanol–water partition coefficient (Wildman–Crippen LogP) is 0.117. The van der Waals surface area contributed by atoms with Gasteiger partial charge in [0.05, 0.1) is 20.3 Å². The number of rotatable bonds is 2. The molecule has 3 atom stereocenters. The van der Waals surface area contributed by atoms with Crippen LogP contribution in [0.25, 0.3) is 0 Å². The van der Waals surface area contributed by atoms with Gasteiger partial charge in [-0.05, 0) is 12.8 Å². The summed E-state index contributed by atoms with van der Waals surface area (Å²) in [4.78, 5) is 28.9. The van der Waals surface area contributed by atoms with Gasteiger partial charge in [-0.25, -0.2) is 4.79 Å². The van der Waals surface area contributed by atoms with E-state index < -0.39 is 24.0 Å². The van der Waals surface area contributed by atoms with E-state index in [1.165, 1.54) is 14.2 Å². The Bertz CT molecular complexity index is 319. The van der Waals surface area contributed by atoms with Crippen LogP contribution in [0.1, 0.15) is 19.3 Å². The third kappa shape index (κ3) is 2.14. The molecule has 2 aliphatic heterocycles. The second-order valence-corrected chi connectivity index (χ2v) is 4.30. The molecule has 0 spiro atoms. The lowest BCUT2D eigenvalue weighted by molar-refractivity contribution is -0.192. The lowest BCUT2D eigenvalue weighted by Crippen LogP contribution is -2.41. The van der Waals surface area contributed by atoms with Crippen molar-refractivity contribution in [1.29, 1.82) is 0 Å². The largest absolute Gasteiger partial charge is 0.469 e. The molecule has 0 unspecified atom stereocenters. The number of ether oxygens (including phenoxy) is 2. The molecule has 0 aromatic rings. The van der Waals surface area contributed by atoms with E-state index in [0.717, 1.165) is 25.8 Å². The van der Waals surface area contributed by atoms with Crippen molar-refractivity contribution in [3.8, 4) is 0 Å². The first kappa shape index (κ1) is 12.3. The van der Waals surface area contributed by atoms with Crippen molar-refractivity contribution in [1.82, 2.24) is 5.06 Å². The zero-order valence-electron chi connectivity index (χ0n) is 10.0. The number of hydrogen-bond acceptors (Lipinski definition) is 6. The van der Waals surface area contributed by atoms with Crippen LogP contribution in [0.4, 0.5) is 0 Å². The molecule has 2 aliphatic rings. The van der Waals surface area contributed by atoms with Gasteiger partial charge < -0.3 is 9.47 Å².